The number of carbonyl (C=O) groups excluding carboxylic acids is 1. The van der Waals surface area contributed by atoms with Crippen molar-refractivity contribution >= 4 is 5.91 Å². The van der Waals surface area contributed by atoms with Crippen LogP contribution in [0.15, 0.2) is 12.7 Å². The summed E-state index contributed by atoms with van der Waals surface area (Å²) in [6.07, 6.45) is 18.2. The van der Waals surface area contributed by atoms with Crippen LogP contribution in [0, 0.1) is 5.92 Å². The Labute approximate surface area is 152 Å². The highest BCUT2D eigenvalue weighted by Gasteiger charge is 2.01. The predicted octanol–water partition coefficient (Wildman–Crippen LogP) is 7.04. The van der Waals surface area contributed by atoms with Crippen molar-refractivity contribution in [1.29, 1.82) is 0 Å². The summed E-state index contributed by atoms with van der Waals surface area (Å²) < 4.78 is 0. The lowest BCUT2D eigenvalue weighted by molar-refractivity contribution is -0.121. The smallest absolute Gasteiger partial charge is 0.220 e. The summed E-state index contributed by atoms with van der Waals surface area (Å²) in [5, 5.41) is 2.94. The van der Waals surface area contributed by atoms with Crippen molar-refractivity contribution in [3.8, 4) is 0 Å². The standard InChI is InChI=1S/C14H27NO.C8H18/c1-4-5-6-7-8-9-10-11-14(16)15-12-13(2)3;1-3-5-7-8-6-4-2/h4,13H,1,5-12H2,2-3H3,(H,15,16);3-8H2,1-2H3. The van der Waals surface area contributed by atoms with Gasteiger partial charge in [0, 0.05) is 13.0 Å². The molecule has 0 spiro atoms. The molecule has 0 aromatic heterocycles. The SMILES string of the molecule is C=CCCCCCCCC(=O)NCC(C)C.CCCCCCCC. The molecule has 0 rings (SSSR count). The Kier molecular flexibility index (Phi) is 23.6. The summed E-state index contributed by atoms with van der Waals surface area (Å²) in [5.74, 6) is 0.752. The first kappa shape index (κ1) is 25.5. The molecule has 2 heteroatoms. The molecule has 0 aliphatic carbocycles. The maximum absolute atomic E-state index is 11.4. The van der Waals surface area contributed by atoms with Gasteiger partial charge in [-0.2, -0.15) is 0 Å². The van der Waals surface area contributed by atoms with E-state index in [1.54, 1.807) is 0 Å². The maximum Gasteiger partial charge on any atom is 0.220 e. The van der Waals surface area contributed by atoms with E-state index < -0.39 is 0 Å². The second-order valence-electron chi connectivity index (χ2n) is 7.21. The van der Waals surface area contributed by atoms with E-state index in [1.807, 2.05) is 6.08 Å². The van der Waals surface area contributed by atoms with Gasteiger partial charge in [0.25, 0.3) is 0 Å². The minimum absolute atomic E-state index is 0.208. The monoisotopic (exact) mass is 339 g/mol. The zero-order valence-corrected chi connectivity index (χ0v) is 17.2. The summed E-state index contributed by atoms with van der Waals surface area (Å²) in [6, 6.07) is 0. The average Bonchev–Trinajstić information content (AvgIpc) is 2.57. The zero-order chi connectivity index (χ0) is 18.5. The number of allylic oxidation sites excluding steroid dienone is 1. The largest absolute Gasteiger partial charge is 0.356 e. The second-order valence-corrected chi connectivity index (χ2v) is 7.21. The number of hydrogen-bond acceptors (Lipinski definition) is 1. The Morgan fingerprint density at radius 2 is 1.38 bits per heavy atom. The number of unbranched alkanes of at least 4 members (excludes halogenated alkanes) is 10. The molecule has 0 atom stereocenters. The van der Waals surface area contributed by atoms with E-state index in [1.165, 1.54) is 64.2 Å². The number of hydrogen-bond donors (Lipinski definition) is 1. The van der Waals surface area contributed by atoms with Crippen molar-refractivity contribution in [2.24, 2.45) is 5.92 Å². The molecule has 0 aliphatic heterocycles. The van der Waals surface area contributed by atoms with Gasteiger partial charge in [0.15, 0.2) is 0 Å². The Balaban J connectivity index is 0. The summed E-state index contributed by atoms with van der Waals surface area (Å²) in [4.78, 5) is 11.4. The lowest BCUT2D eigenvalue weighted by Crippen LogP contribution is -2.26. The van der Waals surface area contributed by atoms with Gasteiger partial charge in [-0.05, 0) is 25.2 Å². The first-order valence-corrected chi connectivity index (χ1v) is 10.5. The third-order valence-electron chi connectivity index (χ3n) is 3.98. The maximum atomic E-state index is 11.4. The highest BCUT2D eigenvalue weighted by molar-refractivity contribution is 5.75. The lowest BCUT2D eigenvalue weighted by atomic mass is 10.1. The van der Waals surface area contributed by atoms with Crippen molar-refractivity contribution in [2.45, 2.75) is 111 Å². The first-order chi connectivity index (χ1) is 11.6. The van der Waals surface area contributed by atoms with Crippen molar-refractivity contribution < 1.29 is 4.79 Å². The molecule has 0 aromatic carbocycles. The van der Waals surface area contributed by atoms with Gasteiger partial charge in [0.2, 0.25) is 5.91 Å². The molecule has 0 aromatic rings. The van der Waals surface area contributed by atoms with Gasteiger partial charge < -0.3 is 5.32 Å². The molecule has 0 fully saturated rings. The Bertz CT molecular complexity index is 255. The van der Waals surface area contributed by atoms with E-state index in [2.05, 4.69) is 39.6 Å². The summed E-state index contributed by atoms with van der Waals surface area (Å²) in [5.41, 5.74) is 0. The molecule has 0 bridgehead atoms. The van der Waals surface area contributed by atoms with Gasteiger partial charge in [-0.25, -0.2) is 0 Å². The van der Waals surface area contributed by atoms with Crippen LogP contribution < -0.4 is 5.32 Å². The summed E-state index contributed by atoms with van der Waals surface area (Å²) in [6.45, 7) is 13.2. The van der Waals surface area contributed by atoms with Crippen LogP contribution >= 0.6 is 0 Å². The van der Waals surface area contributed by atoms with Gasteiger partial charge in [-0.1, -0.05) is 91.6 Å². The van der Waals surface area contributed by atoms with Crippen molar-refractivity contribution in [2.75, 3.05) is 6.54 Å². The van der Waals surface area contributed by atoms with Crippen LogP contribution in [-0.4, -0.2) is 12.5 Å². The van der Waals surface area contributed by atoms with Gasteiger partial charge in [0.05, 0.1) is 0 Å². The van der Waals surface area contributed by atoms with Gasteiger partial charge in [0.1, 0.15) is 0 Å². The molecule has 1 amide bonds. The van der Waals surface area contributed by atoms with Crippen LogP contribution in [0.1, 0.15) is 111 Å². The van der Waals surface area contributed by atoms with E-state index in [4.69, 9.17) is 0 Å². The molecule has 2 nitrogen and oxygen atoms in total. The highest BCUT2D eigenvalue weighted by Crippen LogP contribution is 2.07. The third-order valence-corrected chi connectivity index (χ3v) is 3.98. The van der Waals surface area contributed by atoms with Crippen molar-refractivity contribution in [1.82, 2.24) is 5.32 Å². The summed E-state index contributed by atoms with van der Waals surface area (Å²) in [7, 11) is 0. The fourth-order valence-corrected chi connectivity index (χ4v) is 2.36. The molecular formula is C22H45NO. The van der Waals surface area contributed by atoms with Crippen molar-refractivity contribution in [3.63, 3.8) is 0 Å². The molecule has 144 valence electrons. The number of amides is 1. The Morgan fingerprint density at radius 3 is 1.88 bits per heavy atom. The zero-order valence-electron chi connectivity index (χ0n) is 17.2. The number of carbonyl (C=O) groups is 1. The third kappa shape index (κ3) is 26.1. The van der Waals surface area contributed by atoms with E-state index in [0.29, 0.717) is 12.3 Å². The second kappa shape index (κ2) is 22.2. The van der Waals surface area contributed by atoms with Gasteiger partial charge in [-0.15, -0.1) is 6.58 Å². The molecule has 1 N–H and O–H groups in total. The molecule has 0 unspecified atom stereocenters. The molecule has 0 aliphatic rings. The van der Waals surface area contributed by atoms with Crippen LogP contribution in [-0.2, 0) is 4.79 Å². The fraction of sp³-hybridized carbons (Fsp3) is 0.864. The van der Waals surface area contributed by atoms with Crippen LogP contribution in [0.5, 0.6) is 0 Å². The predicted molar refractivity (Wildman–Crippen MR) is 109 cm³/mol. The van der Waals surface area contributed by atoms with E-state index in [-0.39, 0.29) is 5.91 Å². The highest BCUT2D eigenvalue weighted by atomic mass is 16.1. The molecule has 0 saturated carbocycles. The molecule has 24 heavy (non-hydrogen) atoms. The number of nitrogens with one attached hydrogen (secondary N) is 1. The van der Waals surface area contributed by atoms with E-state index >= 15 is 0 Å². The topological polar surface area (TPSA) is 29.1 Å². The quantitative estimate of drug-likeness (QED) is 0.251. The lowest BCUT2D eigenvalue weighted by Gasteiger charge is -2.07. The van der Waals surface area contributed by atoms with Crippen molar-refractivity contribution in [3.05, 3.63) is 12.7 Å². The van der Waals surface area contributed by atoms with Crippen LogP contribution in [0.25, 0.3) is 0 Å². The first-order valence-electron chi connectivity index (χ1n) is 10.5. The van der Waals surface area contributed by atoms with E-state index in [9.17, 15) is 4.79 Å². The van der Waals surface area contributed by atoms with Gasteiger partial charge in [-0.3, -0.25) is 4.79 Å². The van der Waals surface area contributed by atoms with Crippen LogP contribution in [0.2, 0.25) is 0 Å². The Morgan fingerprint density at radius 1 is 0.875 bits per heavy atom. The van der Waals surface area contributed by atoms with Crippen LogP contribution in [0.4, 0.5) is 0 Å². The molecule has 0 heterocycles. The molecule has 0 saturated heterocycles. The fourth-order valence-electron chi connectivity index (χ4n) is 2.36. The van der Waals surface area contributed by atoms with Gasteiger partial charge >= 0.3 is 0 Å². The summed E-state index contributed by atoms with van der Waals surface area (Å²) >= 11 is 0. The average molecular weight is 340 g/mol. The van der Waals surface area contributed by atoms with E-state index in [0.717, 1.165) is 19.4 Å². The minimum Gasteiger partial charge on any atom is -0.356 e. The normalized spacial score (nSPS) is 10.2. The molecule has 0 radical (unpaired) electrons. The number of rotatable bonds is 15. The minimum atomic E-state index is 0.208. The Hall–Kier alpha value is -0.790. The molecular weight excluding hydrogens is 294 g/mol. The van der Waals surface area contributed by atoms with Crippen LogP contribution in [0.3, 0.4) is 0 Å².